The third-order valence-corrected chi connectivity index (χ3v) is 3.19. The Morgan fingerprint density at radius 2 is 1.78 bits per heavy atom. The van der Waals surface area contributed by atoms with Gasteiger partial charge in [0.05, 0.1) is 5.69 Å². The Hall–Kier alpha value is -1.64. The Bertz CT molecular complexity index is 508. The molecule has 0 bridgehead atoms. The second-order valence-corrected chi connectivity index (χ2v) is 4.67. The first-order valence-corrected chi connectivity index (χ1v) is 6.79. The Labute approximate surface area is 109 Å². The lowest BCUT2D eigenvalue weighted by Crippen LogP contribution is -2.05. The summed E-state index contributed by atoms with van der Waals surface area (Å²) in [7, 11) is 0. The molecule has 2 rings (SSSR count). The molecule has 0 aliphatic carbocycles. The number of benzene rings is 1. The first-order chi connectivity index (χ1) is 8.83. The number of nitrogens with zero attached hydrogens (tertiary/aromatic N) is 2. The predicted molar refractivity (Wildman–Crippen MR) is 76.9 cm³/mol. The molecule has 0 unspecified atom stereocenters. The first kappa shape index (κ1) is 12.8. The summed E-state index contributed by atoms with van der Waals surface area (Å²) in [5, 5.41) is 14.2. The van der Waals surface area contributed by atoms with Gasteiger partial charge >= 0.3 is 0 Å². The maximum atomic E-state index is 4.26. The van der Waals surface area contributed by atoms with Crippen LogP contribution in [-0.2, 0) is 0 Å². The van der Waals surface area contributed by atoms with Crippen molar-refractivity contribution in [1.82, 2.24) is 10.2 Å². The zero-order valence-corrected chi connectivity index (χ0v) is 11.2. The summed E-state index contributed by atoms with van der Waals surface area (Å²) in [4.78, 5) is 0. The van der Waals surface area contributed by atoms with E-state index in [2.05, 4.69) is 34.6 Å². The van der Waals surface area contributed by atoms with Crippen LogP contribution in [0.5, 0.6) is 0 Å². The lowest BCUT2D eigenvalue weighted by molar-refractivity contribution is 0.684. The quantitative estimate of drug-likeness (QED) is 0.781. The van der Waals surface area contributed by atoms with Crippen molar-refractivity contribution in [1.29, 1.82) is 0 Å². The Morgan fingerprint density at radius 3 is 2.56 bits per heavy atom. The van der Waals surface area contributed by atoms with Crippen LogP contribution in [0.3, 0.4) is 0 Å². The highest BCUT2D eigenvalue weighted by Gasteiger charge is 2.04. The summed E-state index contributed by atoms with van der Waals surface area (Å²) >= 11 is 0. The lowest BCUT2D eigenvalue weighted by Gasteiger charge is -2.09. The number of aromatic nitrogens is 2. The van der Waals surface area contributed by atoms with E-state index in [4.69, 9.17) is 0 Å². The maximum absolute atomic E-state index is 4.26. The third kappa shape index (κ3) is 2.97. The molecule has 0 fully saturated rings. The lowest BCUT2D eigenvalue weighted by atomic mass is 10.1. The summed E-state index contributed by atoms with van der Waals surface area (Å²) in [5.74, 6) is 0.910. The number of aryl methyl sites for hydroxylation is 1. The van der Waals surface area contributed by atoms with Crippen molar-refractivity contribution in [2.75, 3.05) is 11.9 Å². The van der Waals surface area contributed by atoms with Crippen LogP contribution in [0.2, 0.25) is 0 Å². The molecule has 96 valence electrons. The SMILES string of the molecule is CCCCCCNc1nnc(C)c2ccccc12. The van der Waals surface area contributed by atoms with Crippen LogP contribution in [0.1, 0.15) is 38.3 Å². The van der Waals surface area contributed by atoms with Gasteiger partial charge in [0.15, 0.2) is 5.82 Å². The van der Waals surface area contributed by atoms with Crippen LogP contribution in [-0.4, -0.2) is 16.7 Å². The minimum Gasteiger partial charge on any atom is -0.368 e. The highest BCUT2D eigenvalue weighted by Crippen LogP contribution is 2.22. The molecule has 18 heavy (non-hydrogen) atoms. The molecular formula is C15H21N3. The van der Waals surface area contributed by atoms with Crippen LogP contribution in [0.15, 0.2) is 24.3 Å². The molecule has 3 nitrogen and oxygen atoms in total. The van der Waals surface area contributed by atoms with Gasteiger partial charge in [-0.25, -0.2) is 0 Å². The summed E-state index contributed by atoms with van der Waals surface area (Å²) < 4.78 is 0. The Balaban J connectivity index is 2.07. The molecule has 0 atom stereocenters. The highest BCUT2D eigenvalue weighted by molar-refractivity contribution is 5.92. The van der Waals surface area contributed by atoms with Gasteiger partial charge in [-0.2, -0.15) is 5.10 Å². The van der Waals surface area contributed by atoms with Gasteiger partial charge in [0.25, 0.3) is 0 Å². The molecule has 0 aliphatic heterocycles. The number of fused-ring (bicyclic) bond motifs is 1. The van der Waals surface area contributed by atoms with E-state index in [-0.39, 0.29) is 0 Å². The Kier molecular flexibility index (Phi) is 4.51. The minimum absolute atomic E-state index is 0.910. The van der Waals surface area contributed by atoms with Crippen molar-refractivity contribution in [2.45, 2.75) is 39.5 Å². The molecule has 1 aromatic carbocycles. The summed E-state index contributed by atoms with van der Waals surface area (Å²) in [6, 6.07) is 8.29. The average Bonchev–Trinajstić information content (AvgIpc) is 2.41. The van der Waals surface area contributed by atoms with Crippen LogP contribution >= 0.6 is 0 Å². The largest absolute Gasteiger partial charge is 0.368 e. The zero-order chi connectivity index (χ0) is 12.8. The van der Waals surface area contributed by atoms with Crippen molar-refractivity contribution >= 4 is 16.6 Å². The van der Waals surface area contributed by atoms with Gasteiger partial charge in [-0.1, -0.05) is 50.5 Å². The summed E-state index contributed by atoms with van der Waals surface area (Å²) in [6.07, 6.45) is 5.05. The monoisotopic (exact) mass is 243 g/mol. The zero-order valence-electron chi connectivity index (χ0n) is 11.2. The fourth-order valence-electron chi connectivity index (χ4n) is 2.13. The van der Waals surface area contributed by atoms with E-state index in [1.54, 1.807) is 0 Å². The van der Waals surface area contributed by atoms with Crippen molar-refractivity contribution in [3.63, 3.8) is 0 Å². The predicted octanol–water partition coefficient (Wildman–Crippen LogP) is 3.93. The molecule has 0 aliphatic rings. The molecule has 3 heteroatoms. The molecule has 0 saturated carbocycles. The van der Waals surface area contributed by atoms with Gasteiger partial charge < -0.3 is 5.32 Å². The Morgan fingerprint density at radius 1 is 1.00 bits per heavy atom. The van der Waals surface area contributed by atoms with E-state index in [1.807, 2.05) is 19.1 Å². The van der Waals surface area contributed by atoms with Gasteiger partial charge in [0.2, 0.25) is 0 Å². The third-order valence-electron chi connectivity index (χ3n) is 3.19. The molecule has 1 heterocycles. The minimum atomic E-state index is 0.910. The van der Waals surface area contributed by atoms with Crippen molar-refractivity contribution in [3.05, 3.63) is 30.0 Å². The molecule has 2 aromatic rings. The van der Waals surface area contributed by atoms with E-state index in [0.717, 1.165) is 18.1 Å². The van der Waals surface area contributed by atoms with Crippen molar-refractivity contribution in [3.8, 4) is 0 Å². The standard InChI is InChI=1S/C15H21N3/c1-3-4-5-8-11-16-15-14-10-7-6-9-13(14)12(2)17-18-15/h6-7,9-10H,3-5,8,11H2,1-2H3,(H,16,18). The fourth-order valence-corrected chi connectivity index (χ4v) is 2.13. The molecule has 1 aromatic heterocycles. The van der Waals surface area contributed by atoms with Crippen LogP contribution in [0.25, 0.3) is 10.8 Å². The van der Waals surface area contributed by atoms with E-state index in [9.17, 15) is 0 Å². The second-order valence-electron chi connectivity index (χ2n) is 4.67. The molecule has 0 spiro atoms. The van der Waals surface area contributed by atoms with Crippen molar-refractivity contribution < 1.29 is 0 Å². The topological polar surface area (TPSA) is 37.8 Å². The number of anilines is 1. The summed E-state index contributed by atoms with van der Waals surface area (Å²) in [5.41, 5.74) is 0.988. The molecule has 0 saturated heterocycles. The van der Waals surface area contributed by atoms with Gasteiger partial charge in [0.1, 0.15) is 0 Å². The van der Waals surface area contributed by atoms with Gasteiger partial charge in [-0.05, 0) is 13.3 Å². The van der Waals surface area contributed by atoms with E-state index in [1.165, 1.54) is 36.5 Å². The smallest absolute Gasteiger partial charge is 0.156 e. The molecular weight excluding hydrogens is 222 g/mol. The van der Waals surface area contributed by atoms with Gasteiger partial charge in [-0.3, -0.25) is 0 Å². The molecule has 1 N–H and O–H groups in total. The van der Waals surface area contributed by atoms with Crippen LogP contribution < -0.4 is 5.32 Å². The second kappa shape index (κ2) is 6.34. The van der Waals surface area contributed by atoms with E-state index < -0.39 is 0 Å². The van der Waals surface area contributed by atoms with Crippen LogP contribution in [0.4, 0.5) is 5.82 Å². The highest BCUT2D eigenvalue weighted by atomic mass is 15.2. The number of hydrogen-bond acceptors (Lipinski definition) is 3. The van der Waals surface area contributed by atoms with E-state index >= 15 is 0 Å². The van der Waals surface area contributed by atoms with Crippen molar-refractivity contribution in [2.24, 2.45) is 0 Å². The fraction of sp³-hybridized carbons (Fsp3) is 0.467. The maximum Gasteiger partial charge on any atom is 0.156 e. The van der Waals surface area contributed by atoms with Crippen LogP contribution in [0, 0.1) is 6.92 Å². The number of rotatable bonds is 6. The molecule has 0 radical (unpaired) electrons. The number of hydrogen-bond donors (Lipinski definition) is 1. The summed E-state index contributed by atoms with van der Waals surface area (Å²) in [6.45, 7) is 5.20. The average molecular weight is 243 g/mol. The normalized spacial score (nSPS) is 10.8. The first-order valence-electron chi connectivity index (χ1n) is 6.79. The van der Waals surface area contributed by atoms with E-state index in [0.29, 0.717) is 0 Å². The number of unbranched alkanes of at least 4 members (excludes halogenated alkanes) is 3. The number of nitrogens with one attached hydrogen (secondary N) is 1. The van der Waals surface area contributed by atoms with Gasteiger partial charge in [-0.15, -0.1) is 5.10 Å². The molecule has 0 amide bonds. The van der Waals surface area contributed by atoms with Gasteiger partial charge in [0, 0.05) is 17.3 Å².